The molecule has 0 bridgehead atoms. The van der Waals surface area contributed by atoms with Crippen LogP contribution in [0.1, 0.15) is 12.0 Å². The lowest BCUT2D eigenvalue weighted by molar-refractivity contribution is -0.121. The van der Waals surface area contributed by atoms with Crippen LogP contribution >= 0.6 is 0 Å². The molecule has 0 heterocycles. The highest BCUT2D eigenvalue weighted by Crippen LogP contribution is 2.02. The Morgan fingerprint density at radius 3 is 2.72 bits per heavy atom. The molecule has 5 nitrogen and oxygen atoms in total. The molecule has 0 saturated heterocycles. The molecular weight excluding hydrogens is 259 g/mol. The van der Waals surface area contributed by atoms with Crippen molar-refractivity contribution in [3.63, 3.8) is 0 Å². The molecule has 1 rings (SSSR count). The van der Waals surface area contributed by atoms with Gasteiger partial charge >= 0.3 is 0 Å². The minimum absolute atomic E-state index is 0.0440. The van der Waals surface area contributed by atoms with E-state index in [-0.39, 0.29) is 31.2 Å². The second-order valence-corrected chi connectivity index (χ2v) is 5.66. The van der Waals surface area contributed by atoms with Gasteiger partial charge in [0.1, 0.15) is 5.82 Å². The fourth-order valence-corrected chi connectivity index (χ4v) is 1.76. The van der Waals surface area contributed by atoms with E-state index in [1.165, 1.54) is 12.1 Å². The first-order chi connectivity index (χ1) is 8.37. The van der Waals surface area contributed by atoms with E-state index < -0.39 is 10.0 Å². The van der Waals surface area contributed by atoms with Crippen LogP contribution in [0.4, 0.5) is 4.39 Å². The second-order valence-electron chi connectivity index (χ2n) is 3.82. The number of carbonyl (C=O) groups is 1. The molecule has 0 saturated carbocycles. The largest absolute Gasteiger partial charge is 0.352 e. The SMILES string of the molecule is CS(=O)(=O)NCCC(=O)NCc1cccc(F)c1. The van der Waals surface area contributed by atoms with E-state index in [0.29, 0.717) is 5.56 Å². The minimum Gasteiger partial charge on any atom is -0.352 e. The van der Waals surface area contributed by atoms with Crippen LogP contribution in [-0.2, 0) is 21.4 Å². The average molecular weight is 274 g/mol. The quantitative estimate of drug-likeness (QED) is 0.787. The zero-order chi connectivity index (χ0) is 13.6. The van der Waals surface area contributed by atoms with Crippen molar-refractivity contribution in [2.75, 3.05) is 12.8 Å². The van der Waals surface area contributed by atoms with Gasteiger partial charge in [0.25, 0.3) is 0 Å². The van der Waals surface area contributed by atoms with Gasteiger partial charge in [0, 0.05) is 19.5 Å². The average Bonchev–Trinajstić information content (AvgIpc) is 2.25. The standard InChI is InChI=1S/C11H15FN2O3S/c1-18(16,17)14-6-5-11(15)13-8-9-3-2-4-10(12)7-9/h2-4,7,14H,5-6,8H2,1H3,(H,13,15). The third-order valence-electron chi connectivity index (χ3n) is 2.10. The van der Waals surface area contributed by atoms with Gasteiger partial charge in [0.05, 0.1) is 6.26 Å². The van der Waals surface area contributed by atoms with E-state index in [9.17, 15) is 17.6 Å². The van der Waals surface area contributed by atoms with Crippen LogP contribution in [-0.4, -0.2) is 27.1 Å². The summed E-state index contributed by atoms with van der Waals surface area (Å²) in [6.45, 7) is 0.267. The number of amides is 1. The van der Waals surface area contributed by atoms with Crippen molar-refractivity contribution >= 4 is 15.9 Å². The molecule has 7 heteroatoms. The highest BCUT2D eigenvalue weighted by Gasteiger charge is 2.04. The summed E-state index contributed by atoms with van der Waals surface area (Å²) < 4.78 is 36.5. The second kappa shape index (κ2) is 6.46. The van der Waals surface area contributed by atoms with Crippen molar-refractivity contribution < 1.29 is 17.6 Å². The number of hydrogen-bond acceptors (Lipinski definition) is 3. The summed E-state index contributed by atoms with van der Waals surface area (Å²) in [5.41, 5.74) is 0.652. The molecule has 2 N–H and O–H groups in total. The zero-order valence-electron chi connectivity index (χ0n) is 9.94. The first-order valence-corrected chi connectivity index (χ1v) is 7.22. The summed E-state index contributed by atoms with van der Waals surface area (Å²) in [5, 5.41) is 2.57. The topological polar surface area (TPSA) is 75.3 Å². The Bertz CT molecular complexity index is 517. The molecule has 0 aliphatic heterocycles. The molecule has 0 aliphatic carbocycles. The first kappa shape index (κ1) is 14.6. The van der Waals surface area contributed by atoms with Crippen molar-refractivity contribution in [1.29, 1.82) is 0 Å². The van der Waals surface area contributed by atoms with Crippen molar-refractivity contribution in [3.05, 3.63) is 35.6 Å². The molecule has 0 unspecified atom stereocenters. The number of nitrogens with one attached hydrogen (secondary N) is 2. The molecule has 0 atom stereocenters. The third kappa shape index (κ3) is 6.31. The van der Waals surface area contributed by atoms with Gasteiger partial charge in [-0.05, 0) is 17.7 Å². The van der Waals surface area contributed by atoms with Crippen LogP contribution in [0.15, 0.2) is 24.3 Å². The van der Waals surface area contributed by atoms with Crippen LogP contribution in [0.5, 0.6) is 0 Å². The van der Waals surface area contributed by atoms with Crippen molar-refractivity contribution in [2.24, 2.45) is 0 Å². The lowest BCUT2D eigenvalue weighted by Gasteiger charge is -2.05. The highest BCUT2D eigenvalue weighted by atomic mass is 32.2. The third-order valence-corrected chi connectivity index (χ3v) is 2.82. The number of sulfonamides is 1. The smallest absolute Gasteiger partial charge is 0.221 e. The van der Waals surface area contributed by atoms with Gasteiger partial charge in [-0.1, -0.05) is 12.1 Å². The number of rotatable bonds is 6. The van der Waals surface area contributed by atoms with Crippen LogP contribution < -0.4 is 10.0 Å². The zero-order valence-corrected chi connectivity index (χ0v) is 10.8. The Morgan fingerprint density at radius 2 is 2.11 bits per heavy atom. The van der Waals surface area contributed by atoms with E-state index in [1.54, 1.807) is 12.1 Å². The van der Waals surface area contributed by atoms with E-state index >= 15 is 0 Å². The molecule has 0 radical (unpaired) electrons. The lowest BCUT2D eigenvalue weighted by Crippen LogP contribution is -2.29. The maximum absolute atomic E-state index is 12.8. The van der Waals surface area contributed by atoms with Crippen LogP contribution in [0.3, 0.4) is 0 Å². The maximum atomic E-state index is 12.8. The number of hydrogen-bond donors (Lipinski definition) is 2. The lowest BCUT2D eigenvalue weighted by atomic mass is 10.2. The molecule has 1 amide bonds. The number of carbonyl (C=O) groups excluding carboxylic acids is 1. The summed E-state index contributed by atoms with van der Waals surface area (Å²) in [6.07, 6.45) is 1.07. The molecule has 100 valence electrons. The van der Waals surface area contributed by atoms with Gasteiger partial charge in [0.2, 0.25) is 15.9 Å². The molecule has 0 aliphatic rings. The van der Waals surface area contributed by atoms with Gasteiger partial charge < -0.3 is 5.32 Å². The predicted molar refractivity (Wildman–Crippen MR) is 65.7 cm³/mol. The normalized spacial score (nSPS) is 11.2. The Hall–Kier alpha value is -1.47. The van der Waals surface area contributed by atoms with Gasteiger partial charge in [0.15, 0.2) is 0 Å². The summed E-state index contributed by atoms with van der Waals surface area (Å²) >= 11 is 0. The Balaban J connectivity index is 2.29. The van der Waals surface area contributed by atoms with Gasteiger partial charge in [-0.25, -0.2) is 17.5 Å². The predicted octanol–water partition coefficient (Wildman–Crippen LogP) is 0.381. The van der Waals surface area contributed by atoms with E-state index in [1.807, 2.05) is 0 Å². The van der Waals surface area contributed by atoms with Crippen LogP contribution in [0.25, 0.3) is 0 Å². The maximum Gasteiger partial charge on any atom is 0.221 e. The fourth-order valence-electron chi connectivity index (χ4n) is 1.29. The minimum atomic E-state index is -3.27. The van der Waals surface area contributed by atoms with Crippen molar-refractivity contribution in [3.8, 4) is 0 Å². The summed E-state index contributed by atoms with van der Waals surface area (Å²) in [4.78, 5) is 11.3. The number of halogens is 1. The molecule has 18 heavy (non-hydrogen) atoms. The Kier molecular flexibility index (Phi) is 5.24. The van der Waals surface area contributed by atoms with Gasteiger partial charge in [-0.15, -0.1) is 0 Å². The van der Waals surface area contributed by atoms with Gasteiger partial charge in [-0.2, -0.15) is 0 Å². The fraction of sp³-hybridized carbons (Fsp3) is 0.364. The summed E-state index contributed by atoms with van der Waals surface area (Å²) in [5.74, 6) is -0.657. The Labute approximate surface area is 105 Å². The Morgan fingerprint density at radius 1 is 1.39 bits per heavy atom. The monoisotopic (exact) mass is 274 g/mol. The summed E-state index contributed by atoms with van der Waals surface area (Å²) in [7, 11) is -3.27. The van der Waals surface area contributed by atoms with Crippen molar-refractivity contribution in [1.82, 2.24) is 10.0 Å². The molecule has 0 fully saturated rings. The number of benzene rings is 1. The van der Waals surface area contributed by atoms with Crippen LogP contribution in [0.2, 0.25) is 0 Å². The molecule has 1 aromatic rings. The highest BCUT2D eigenvalue weighted by molar-refractivity contribution is 7.88. The van der Waals surface area contributed by atoms with E-state index in [0.717, 1.165) is 6.26 Å². The van der Waals surface area contributed by atoms with Crippen molar-refractivity contribution in [2.45, 2.75) is 13.0 Å². The summed E-state index contributed by atoms with van der Waals surface area (Å²) in [6, 6.07) is 5.90. The molecule has 0 spiro atoms. The molecule has 1 aromatic carbocycles. The van der Waals surface area contributed by atoms with E-state index in [2.05, 4.69) is 10.0 Å². The molecule has 0 aromatic heterocycles. The van der Waals surface area contributed by atoms with Crippen LogP contribution in [0, 0.1) is 5.82 Å². The van der Waals surface area contributed by atoms with Gasteiger partial charge in [-0.3, -0.25) is 4.79 Å². The first-order valence-electron chi connectivity index (χ1n) is 5.32. The molecular formula is C11H15FN2O3S. The van der Waals surface area contributed by atoms with E-state index in [4.69, 9.17) is 0 Å².